The summed E-state index contributed by atoms with van der Waals surface area (Å²) in [5.74, 6) is -0.404. The van der Waals surface area contributed by atoms with E-state index in [2.05, 4.69) is 93.7 Å². The molecule has 0 spiro atoms. The molecule has 1 atom stereocenters. The lowest BCUT2D eigenvalue weighted by atomic mass is 10.1. The van der Waals surface area contributed by atoms with Gasteiger partial charge >= 0.3 is 11.9 Å². The maximum Gasteiger partial charge on any atom is 0.306 e. The minimum atomic E-state index is -0.548. The third-order valence-corrected chi connectivity index (χ3v) is 13.2. The molecule has 0 amide bonds. The average Bonchev–Trinajstić information content (AvgIpc) is 3.36. The number of unbranched alkanes of at least 4 members (excludes halogenated alkanes) is 33. The summed E-state index contributed by atoms with van der Waals surface area (Å²) < 4.78 is 17.5. The molecule has 70 heavy (non-hydrogen) atoms. The van der Waals surface area contributed by atoms with Gasteiger partial charge in [-0.2, -0.15) is 0 Å². The van der Waals surface area contributed by atoms with Gasteiger partial charge in [-0.25, -0.2) is 0 Å². The number of hydrogen-bond donors (Lipinski definition) is 0. The Hall–Kier alpha value is -2.66. The average molecular weight is 978 g/mol. The van der Waals surface area contributed by atoms with Gasteiger partial charge < -0.3 is 14.2 Å². The second-order valence-corrected chi connectivity index (χ2v) is 20.2. The van der Waals surface area contributed by atoms with Crippen LogP contribution in [0, 0.1) is 0 Å². The van der Waals surface area contributed by atoms with Crippen molar-refractivity contribution < 1.29 is 23.8 Å². The van der Waals surface area contributed by atoms with Crippen LogP contribution in [0.4, 0.5) is 0 Å². The fourth-order valence-electron chi connectivity index (χ4n) is 8.67. The first-order valence-electron chi connectivity index (χ1n) is 30.5. The Morgan fingerprint density at radius 1 is 0.329 bits per heavy atom. The van der Waals surface area contributed by atoms with Gasteiger partial charge in [-0.05, 0) is 109 Å². The van der Waals surface area contributed by atoms with E-state index in [9.17, 15) is 9.59 Å². The molecule has 0 aliphatic heterocycles. The Labute approximate surface area is 436 Å². The molecule has 0 saturated carbocycles. The van der Waals surface area contributed by atoms with Crippen molar-refractivity contribution in [2.75, 3.05) is 19.8 Å². The van der Waals surface area contributed by atoms with Gasteiger partial charge in [0.15, 0.2) is 6.10 Å². The van der Waals surface area contributed by atoms with Crippen molar-refractivity contribution in [3.8, 4) is 0 Å². The van der Waals surface area contributed by atoms with Gasteiger partial charge in [-0.15, -0.1) is 0 Å². The van der Waals surface area contributed by atoms with E-state index in [1.165, 1.54) is 193 Å². The zero-order valence-corrected chi connectivity index (χ0v) is 46.8. The molecule has 0 aromatic rings. The Bertz CT molecular complexity index is 1240. The van der Waals surface area contributed by atoms with Crippen LogP contribution >= 0.6 is 0 Å². The topological polar surface area (TPSA) is 61.8 Å². The van der Waals surface area contributed by atoms with E-state index in [1.54, 1.807) is 0 Å². The monoisotopic (exact) mass is 977 g/mol. The lowest BCUT2D eigenvalue weighted by Crippen LogP contribution is -2.30. The van der Waals surface area contributed by atoms with Gasteiger partial charge in [0.25, 0.3) is 0 Å². The molecular formula is C65H116O5. The van der Waals surface area contributed by atoms with Gasteiger partial charge in [0, 0.05) is 19.4 Å². The lowest BCUT2D eigenvalue weighted by molar-refractivity contribution is -0.163. The molecular weight excluding hydrogens is 861 g/mol. The number of esters is 2. The molecule has 0 rings (SSSR count). The normalized spacial score (nSPS) is 12.7. The number of ether oxygens (including phenoxy) is 3. The molecule has 0 bridgehead atoms. The highest BCUT2D eigenvalue weighted by atomic mass is 16.6. The molecule has 0 aliphatic carbocycles. The molecule has 5 nitrogen and oxygen atoms in total. The quantitative estimate of drug-likeness (QED) is 0.0345. The summed E-state index contributed by atoms with van der Waals surface area (Å²) in [7, 11) is 0. The van der Waals surface area contributed by atoms with Crippen LogP contribution in [-0.4, -0.2) is 37.9 Å². The number of carbonyl (C=O) groups is 2. The summed E-state index contributed by atoms with van der Waals surface area (Å²) in [6.45, 7) is 7.71. The number of rotatable bonds is 56. The predicted octanol–water partition coefficient (Wildman–Crippen LogP) is 21.0. The predicted molar refractivity (Wildman–Crippen MR) is 307 cm³/mol. The van der Waals surface area contributed by atoms with Crippen molar-refractivity contribution in [3.63, 3.8) is 0 Å². The second kappa shape index (κ2) is 60.6. The summed E-state index contributed by atoms with van der Waals surface area (Å²) in [4.78, 5) is 25.6. The standard InChI is InChI=1S/C65H116O5/c1-4-7-10-13-16-19-22-25-28-31-33-35-37-40-43-46-49-52-55-58-64(66)69-62-63(61-68-60-57-54-51-48-45-42-39-36-32-29-26-23-20-17-14-11-8-5-2)70-65(67)59-56-53-50-47-44-41-38-34-30-27-24-21-18-15-12-9-6-3/h9,12,16,18-19,21,25-30,63H,4-8,10-11,13-15,17,20,22-24,31-62H2,1-3H3/b12-9-,19-16-,21-18-,28-25-,29-26-,30-27-. The number of carbonyl (C=O) groups excluding carboxylic acids is 2. The second-order valence-electron chi connectivity index (χ2n) is 20.2. The molecule has 0 heterocycles. The van der Waals surface area contributed by atoms with Crippen molar-refractivity contribution in [3.05, 3.63) is 72.9 Å². The minimum absolute atomic E-state index is 0.0774. The molecule has 0 fully saturated rings. The van der Waals surface area contributed by atoms with E-state index in [-0.39, 0.29) is 25.2 Å². The van der Waals surface area contributed by atoms with Crippen LogP contribution in [0.1, 0.15) is 303 Å². The largest absolute Gasteiger partial charge is 0.462 e. The van der Waals surface area contributed by atoms with Crippen LogP contribution < -0.4 is 0 Å². The summed E-state index contributed by atoms with van der Waals surface area (Å²) in [6, 6.07) is 0. The van der Waals surface area contributed by atoms with Crippen LogP contribution in [0.3, 0.4) is 0 Å². The van der Waals surface area contributed by atoms with Crippen molar-refractivity contribution in [1.29, 1.82) is 0 Å². The van der Waals surface area contributed by atoms with Gasteiger partial charge in [0.1, 0.15) is 6.61 Å². The van der Waals surface area contributed by atoms with Crippen LogP contribution in [0.25, 0.3) is 0 Å². The van der Waals surface area contributed by atoms with E-state index in [1.807, 2.05) is 0 Å². The molecule has 0 radical (unpaired) electrons. The molecule has 0 aromatic carbocycles. The Morgan fingerprint density at radius 3 is 1.07 bits per heavy atom. The van der Waals surface area contributed by atoms with Crippen molar-refractivity contribution in [1.82, 2.24) is 0 Å². The number of hydrogen-bond acceptors (Lipinski definition) is 5. The highest BCUT2D eigenvalue weighted by molar-refractivity contribution is 5.70. The zero-order chi connectivity index (χ0) is 50.6. The van der Waals surface area contributed by atoms with Crippen LogP contribution in [0.5, 0.6) is 0 Å². The molecule has 5 heteroatoms. The lowest BCUT2D eigenvalue weighted by Gasteiger charge is -2.18. The Kier molecular flexibility index (Phi) is 58.3. The molecule has 0 N–H and O–H groups in total. The highest BCUT2D eigenvalue weighted by Crippen LogP contribution is 2.15. The first-order valence-corrected chi connectivity index (χ1v) is 30.5. The summed E-state index contributed by atoms with van der Waals surface area (Å²) in [5, 5.41) is 0. The first-order chi connectivity index (χ1) is 34.6. The maximum absolute atomic E-state index is 12.9. The number of allylic oxidation sites excluding steroid dienone is 12. The molecule has 406 valence electrons. The van der Waals surface area contributed by atoms with Gasteiger partial charge in [-0.1, -0.05) is 254 Å². The summed E-state index contributed by atoms with van der Waals surface area (Å²) >= 11 is 0. The smallest absolute Gasteiger partial charge is 0.306 e. The van der Waals surface area contributed by atoms with E-state index in [4.69, 9.17) is 14.2 Å². The Morgan fingerprint density at radius 2 is 0.643 bits per heavy atom. The van der Waals surface area contributed by atoms with Crippen molar-refractivity contribution in [2.24, 2.45) is 0 Å². The summed E-state index contributed by atoms with van der Waals surface area (Å²) in [6.07, 6.45) is 79.3. The summed E-state index contributed by atoms with van der Waals surface area (Å²) in [5.41, 5.74) is 0. The third kappa shape index (κ3) is 57.9. The molecule has 1 unspecified atom stereocenters. The maximum atomic E-state index is 12.9. The first kappa shape index (κ1) is 67.3. The fourth-order valence-corrected chi connectivity index (χ4v) is 8.67. The Balaban J connectivity index is 4.29. The van der Waals surface area contributed by atoms with Crippen LogP contribution in [-0.2, 0) is 23.8 Å². The fraction of sp³-hybridized carbons (Fsp3) is 0.785. The zero-order valence-electron chi connectivity index (χ0n) is 46.8. The SMILES string of the molecule is CC/C=C\C/C=C\C/C=C\CCCCCCCCCC(=O)OC(COCCCCCCCCCC/C=C\CCCCCCCC)COC(=O)CCCCCCCCCCC/C=C\C/C=C\CCCCC. The van der Waals surface area contributed by atoms with Gasteiger partial charge in [0.2, 0.25) is 0 Å². The molecule has 0 aliphatic rings. The van der Waals surface area contributed by atoms with Crippen LogP contribution in [0.2, 0.25) is 0 Å². The molecule has 0 aromatic heterocycles. The third-order valence-electron chi connectivity index (χ3n) is 13.2. The van der Waals surface area contributed by atoms with E-state index in [0.717, 1.165) is 77.0 Å². The highest BCUT2D eigenvalue weighted by Gasteiger charge is 2.17. The van der Waals surface area contributed by atoms with Crippen molar-refractivity contribution >= 4 is 11.9 Å². The van der Waals surface area contributed by atoms with E-state index < -0.39 is 6.10 Å². The van der Waals surface area contributed by atoms with Crippen LogP contribution in [0.15, 0.2) is 72.9 Å². The molecule has 0 saturated heterocycles. The van der Waals surface area contributed by atoms with Gasteiger partial charge in [-0.3, -0.25) is 9.59 Å². The van der Waals surface area contributed by atoms with E-state index in [0.29, 0.717) is 19.4 Å². The van der Waals surface area contributed by atoms with E-state index >= 15 is 0 Å². The minimum Gasteiger partial charge on any atom is -0.462 e. The van der Waals surface area contributed by atoms with Gasteiger partial charge in [0.05, 0.1) is 6.61 Å². The van der Waals surface area contributed by atoms with Crippen molar-refractivity contribution in [2.45, 2.75) is 309 Å².